The van der Waals surface area contributed by atoms with Crippen molar-refractivity contribution in [3.63, 3.8) is 0 Å². The van der Waals surface area contributed by atoms with Gasteiger partial charge in [-0.3, -0.25) is 4.40 Å². The minimum Gasteiger partial charge on any atom is -0.368 e. The summed E-state index contributed by atoms with van der Waals surface area (Å²) in [6, 6.07) is 0.0909. The van der Waals surface area contributed by atoms with Crippen molar-refractivity contribution in [1.29, 1.82) is 0 Å². The Morgan fingerprint density at radius 2 is 2.32 bits per heavy atom. The number of hydrogen-bond donors (Lipinski definition) is 2. The Bertz CT molecular complexity index is 685. The predicted octanol–water partition coefficient (Wildman–Crippen LogP) is 1.66. The highest BCUT2D eigenvalue weighted by atomic mass is 32.2. The molecule has 0 aliphatic heterocycles. The molecule has 3 rings (SSSR count). The summed E-state index contributed by atoms with van der Waals surface area (Å²) in [6.07, 6.45) is 4.50. The molecule has 1 saturated carbocycles. The Kier molecular flexibility index (Phi) is 3.23. The normalized spacial score (nSPS) is 16.1. The molecule has 0 radical (unpaired) electrons. The van der Waals surface area contributed by atoms with Crippen LogP contribution in [0.15, 0.2) is 16.6 Å². The van der Waals surface area contributed by atoms with Crippen LogP contribution in [-0.2, 0) is 10.0 Å². The van der Waals surface area contributed by atoms with E-state index < -0.39 is 10.0 Å². The van der Waals surface area contributed by atoms with Crippen LogP contribution < -0.4 is 10.0 Å². The zero-order valence-electron chi connectivity index (χ0n) is 10.6. The number of imidazole rings is 1. The van der Waals surface area contributed by atoms with Gasteiger partial charge >= 0.3 is 0 Å². The Morgan fingerprint density at radius 1 is 1.53 bits per heavy atom. The molecule has 1 aliphatic rings. The van der Waals surface area contributed by atoms with Gasteiger partial charge in [-0.1, -0.05) is 6.92 Å². The molecule has 0 saturated heterocycles. The van der Waals surface area contributed by atoms with Crippen LogP contribution in [0.3, 0.4) is 0 Å². The quantitative estimate of drug-likeness (QED) is 0.850. The van der Waals surface area contributed by atoms with Crippen LogP contribution in [0.1, 0.15) is 26.2 Å². The highest BCUT2D eigenvalue weighted by molar-refractivity contribution is 7.89. The fraction of sp³-hybridized carbons (Fsp3) is 0.545. The van der Waals surface area contributed by atoms with E-state index in [1.54, 1.807) is 10.6 Å². The van der Waals surface area contributed by atoms with Crippen LogP contribution >= 0.6 is 11.3 Å². The fourth-order valence-corrected chi connectivity index (χ4v) is 4.19. The first kappa shape index (κ1) is 12.9. The molecular weight excluding hydrogens is 284 g/mol. The molecule has 19 heavy (non-hydrogen) atoms. The van der Waals surface area contributed by atoms with Crippen molar-refractivity contribution < 1.29 is 8.42 Å². The molecule has 0 aromatic carbocycles. The summed E-state index contributed by atoms with van der Waals surface area (Å²) in [7, 11) is -3.52. The lowest BCUT2D eigenvalue weighted by Crippen LogP contribution is -2.27. The summed E-state index contributed by atoms with van der Waals surface area (Å²) in [5, 5.41) is 5.16. The van der Waals surface area contributed by atoms with Gasteiger partial charge in [0.25, 0.3) is 10.0 Å². The SMILES string of the molecule is CCCNc1nc2sccn2c1S(=O)(=O)NC1CC1. The van der Waals surface area contributed by atoms with Crippen LogP contribution in [0.25, 0.3) is 4.96 Å². The van der Waals surface area contributed by atoms with Crippen LogP contribution in [0.5, 0.6) is 0 Å². The van der Waals surface area contributed by atoms with E-state index in [1.165, 1.54) is 11.3 Å². The molecule has 0 atom stereocenters. The maximum Gasteiger partial charge on any atom is 0.260 e. The fourth-order valence-electron chi connectivity index (χ4n) is 1.86. The van der Waals surface area contributed by atoms with Gasteiger partial charge in [0.2, 0.25) is 0 Å². The smallest absolute Gasteiger partial charge is 0.260 e. The molecule has 2 aromatic rings. The molecule has 0 unspecified atom stereocenters. The van der Waals surface area contributed by atoms with Crippen molar-refractivity contribution in [2.45, 2.75) is 37.3 Å². The van der Waals surface area contributed by atoms with Gasteiger partial charge in [-0.2, -0.15) is 0 Å². The first-order valence-electron chi connectivity index (χ1n) is 6.33. The third-order valence-corrected chi connectivity index (χ3v) is 5.21. The van der Waals surface area contributed by atoms with Gasteiger partial charge in [-0.25, -0.2) is 18.1 Å². The number of sulfonamides is 1. The molecule has 1 fully saturated rings. The van der Waals surface area contributed by atoms with Crippen molar-refractivity contribution in [3.05, 3.63) is 11.6 Å². The number of hydrogen-bond acceptors (Lipinski definition) is 5. The highest BCUT2D eigenvalue weighted by Crippen LogP contribution is 2.28. The van der Waals surface area contributed by atoms with Gasteiger partial charge in [0.1, 0.15) is 0 Å². The summed E-state index contributed by atoms with van der Waals surface area (Å²) >= 11 is 1.43. The maximum atomic E-state index is 12.4. The van der Waals surface area contributed by atoms with Crippen LogP contribution in [-0.4, -0.2) is 30.4 Å². The van der Waals surface area contributed by atoms with E-state index in [4.69, 9.17) is 0 Å². The lowest BCUT2D eigenvalue weighted by molar-refractivity contribution is 0.576. The van der Waals surface area contributed by atoms with Gasteiger partial charge in [0.15, 0.2) is 15.8 Å². The Labute approximate surface area is 115 Å². The molecule has 2 heterocycles. The highest BCUT2D eigenvalue weighted by Gasteiger charge is 2.32. The van der Waals surface area contributed by atoms with Gasteiger partial charge in [-0.15, -0.1) is 11.3 Å². The first-order valence-corrected chi connectivity index (χ1v) is 8.70. The zero-order chi connectivity index (χ0) is 13.5. The molecular formula is C11H16N4O2S2. The predicted molar refractivity (Wildman–Crippen MR) is 75.2 cm³/mol. The molecule has 104 valence electrons. The number of rotatable bonds is 6. The molecule has 1 aliphatic carbocycles. The molecule has 8 heteroatoms. The second-order valence-electron chi connectivity index (χ2n) is 4.64. The first-order chi connectivity index (χ1) is 9.12. The summed E-state index contributed by atoms with van der Waals surface area (Å²) < 4.78 is 29.2. The monoisotopic (exact) mass is 300 g/mol. The van der Waals surface area contributed by atoms with Crippen LogP contribution in [0, 0.1) is 0 Å². The van der Waals surface area contributed by atoms with E-state index >= 15 is 0 Å². The van der Waals surface area contributed by atoms with Crippen molar-refractivity contribution >= 4 is 32.1 Å². The Balaban J connectivity index is 2.04. The number of aromatic nitrogens is 2. The molecule has 6 nitrogen and oxygen atoms in total. The van der Waals surface area contributed by atoms with Crippen molar-refractivity contribution in [3.8, 4) is 0 Å². The van der Waals surface area contributed by atoms with E-state index in [2.05, 4.69) is 15.0 Å². The molecule has 0 amide bonds. The van der Waals surface area contributed by atoms with Crippen molar-refractivity contribution in [2.75, 3.05) is 11.9 Å². The number of fused-ring (bicyclic) bond motifs is 1. The molecule has 0 bridgehead atoms. The van der Waals surface area contributed by atoms with Crippen molar-refractivity contribution in [1.82, 2.24) is 14.1 Å². The average Bonchev–Trinajstić information content (AvgIpc) is 2.90. The van der Waals surface area contributed by atoms with E-state index in [1.807, 2.05) is 12.3 Å². The topological polar surface area (TPSA) is 75.5 Å². The Hall–Kier alpha value is -1.12. The minimum atomic E-state index is -3.52. The third kappa shape index (κ3) is 2.47. The largest absolute Gasteiger partial charge is 0.368 e. The van der Waals surface area contributed by atoms with Gasteiger partial charge in [0, 0.05) is 24.2 Å². The summed E-state index contributed by atoms with van der Waals surface area (Å²) in [6.45, 7) is 2.73. The number of thiazole rings is 1. The zero-order valence-corrected chi connectivity index (χ0v) is 12.2. The van der Waals surface area contributed by atoms with E-state index in [0.717, 1.165) is 19.3 Å². The third-order valence-electron chi connectivity index (χ3n) is 2.91. The second-order valence-corrected chi connectivity index (χ2v) is 7.15. The number of anilines is 1. The summed E-state index contributed by atoms with van der Waals surface area (Å²) in [4.78, 5) is 5.04. The van der Waals surface area contributed by atoms with E-state index in [-0.39, 0.29) is 11.1 Å². The minimum absolute atomic E-state index is 0.0909. The van der Waals surface area contributed by atoms with E-state index in [9.17, 15) is 8.42 Å². The van der Waals surface area contributed by atoms with Gasteiger partial charge < -0.3 is 5.32 Å². The standard InChI is InChI=1S/C11H16N4O2S2/c1-2-5-12-9-10(15-6-7-18-11(15)13-9)19(16,17)14-8-3-4-8/h6-8,12,14H,2-5H2,1H3. The lowest BCUT2D eigenvalue weighted by atomic mass is 10.5. The maximum absolute atomic E-state index is 12.4. The Morgan fingerprint density at radius 3 is 3.00 bits per heavy atom. The summed E-state index contributed by atoms with van der Waals surface area (Å²) in [5.74, 6) is 0.446. The van der Waals surface area contributed by atoms with E-state index in [0.29, 0.717) is 17.3 Å². The van der Waals surface area contributed by atoms with Crippen LogP contribution in [0.2, 0.25) is 0 Å². The molecule has 2 N–H and O–H groups in total. The number of nitrogens with one attached hydrogen (secondary N) is 2. The molecule has 0 spiro atoms. The van der Waals surface area contributed by atoms with Crippen molar-refractivity contribution in [2.24, 2.45) is 0 Å². The second kappa shape index (κ2) is 4.77. The number of nitrogens with zero attached hydrogens (tertiary/aromatic N) is 2. The lowest BCUT2D eigenvalue weighted by Gasteiger charge is -2.07. The average molecular weight is 300 g/mol. The van der Waals surface area contributed by atoms with Gasteiger partial charge in [0.05, 0.1) is 0 Å². The van der Waals surface area contributed by atoms with Crippen LogP contribution in [0.4, 0.5) is 5.82 Å². The molecule has 2 aromatic heterocycles. The summed E-state index contributed by atoms with van der Waals surface area (Å²) in [5.41, 5.74) is 0. The van der Waals surface area contributed by atoms with Gasteiger partial charge in [-0.05, 0) is 19.3 Å².